The number of hydrogen-bond acceptors (Lipinski definition) is 1. The number of unbranched alkanes of at least 4 members (excludes halogenated alkanes) is 4. The molecule has 0 spiro atoms. The summed E-state index contributed by atoms with van der Waals surface area (Å²) in [5.74, 6) is 0.0898. The molecule has 0 N–H and O–H groups in total. The summed E-state index contributed by atoms with van der Waals surface area (Å²) < 4.78 is 0. The molecule has 1 aromatic rings. The van der Waals surface area contributed by atoms with Crippen LogP contribution in [0.3, 0.4) is 0 Å². The predicted molar refractivity (Wildman–Crippen MR) is 78.0 cm³/mol. The van der Waals surface area contributed by atoms with Crippen LogP contribution in [0.4, 0.5) is 0 Å². The lowest BCUT2D eigenvalue weighted by Gasteiger charge is -2.02. The van der Waals surface area contributed by atoms with E-state index in [4.69, 9.17) is 0 Å². The molecule has 0 heterocycles. The summed E-state index contributed by atoms with van der Waals surface area (Å²) in [7, 11) is 0. The van der Waals surface area contributed by atoms with Gasteiger partial charge in [-0.2, -0.15) is 0 Å². The smallest absolute Gasteiger partial charge is 0.185 e. The summed E-state index contributed by atoms with van der Waals surface area (Å²) in [6.45, 7) is 4.10. The van der Waals surface area contributed by atoms with Crippen LogP contribution in [0.1, 0.15) is 61.9 Å². The predicted octanol–water partition coefficient (Wildman–Crippen LogP) is 4.96. The van der Waals surface area contributed by atoms with Crippen molar-refractivity contribution in [2.24, 2.45) is 0 Å². The molecule has 0 unspecified atom stereocenters. The number of rotatable bonds is 8. The number of benzene rings is 1. The van der Waals surface area contributed by atoms with E-state index in [1.165, 1.54) is 37.7 Å². The van der Waals surface area contributed by atoms with Gasteiger partial charge in [0.1, 0.15) is 0 Å². The molecule has 0 amide bonds. The molecule has 0 aliphatic heterocycles. The first-order valence-corrected chi connectivity index (χ1v) is 7.04. The topological polar surface area (TPSA) is 17.1 Å². The van der Waals surface area contributed by atoms with Crippen LogP contribution in [0.15, 0.2) is 36.4 Å². The van der Waals surface area contributed by atoms with Crippen molar-refractivity contribution >= 4 is 5.78 Å². The first-order chi connectivity index (χ1) is 8.77. The summed E-state index contributed by atoms with van der Waals surface area (Å²) in [4.78, 5) is 11.6. The average molecular weight is 244 g/mol. The normalized spacial score (nSPS) is 11.0. The first kappa shape index (κ1) is 14.7. The van der Waals surface area contributed by atoms with Crippen LogP contribution in [0.2, 0.25) is 0 Å². The highest BCUT2D eigenvalue weighted by Gasteiger charge is 2.01. The zero-order chi connectivity index (χ0) is 13.2. The zero-order valence-electron chi connectivity index (χ0n) is 11.6. The SMILES string of the molecule is C/C=C/C(=O)c1ccc(CCCCCCC)cc1. The van der Waals surface area contributed by atoms with Gasteiger partial charge in [0.25, 0.3) is 0 Å². The average Bonchev–Trinajstić information content (AvgIpc) is 2.39. The summed E-state index contributed by atoms with van der Waals surface area (Å²) >= 11 is 0. The van der Waals surface area contributed by atoms with E-state index in [0.29, 0.717) is 0 Å². The molecule has 98 valence electrons. The third-order valence-corrected chi connectivity index (χ3v) is 3.13. The van der Waals surface area contributed by atoms with Crippen molar-refractivity contribution in [3.8, 4) is 0 Å². The maximum Gasteiger partial charge on any atom is 0.185 e. The Morgan fingerprint density at radius 3 is 2.33 bits per heavy atom. The summed E-state index contributed by atoms with van der Waals surface area (Å²) in [5.41, 5.74) is 2.12. The number of aryl methyl sites for hydroxylation is 1. The summed E-state index contributed by atoms with van der Waals surface area (Å²) in [6, 6.07) is 8.03. The van der Waals surface area contributed by atoms with Crippen molar-refractivity contribution in [1.82, 2.24) is 0 Å². The Morgan fingerprint density at radius 2 is 1.72 bits per heavy atom. The monoisotopic (exact) mass is 244 g/mol. The quantitative estimate of drug-likeness (QED) is 0.359. The molecule has 1 nitrogen and oxygen atoms in total. The van der Waals surface area contributed by atoms with Crippen molar-refractivity contribution in [3.63, 3.8) is 0 Å². The number of hydrogen-bond donors (Lipinski definition) is 0. The van der Waals surface area contributed by atoms with Gasteiger partial charge in [0, 0.05) is 5.56 Å². The fraction of sp³-hybridized carbons (Fsp3) is 0.471. The maximum atomic E-state index is 11.6. The molecule has 1 rings (SSSR count). The summed E-state index contributed by atoms with van der Waals surface area (Å²) in [6.07, 6.45) is 11.1. The van der Waals surface area contributed by atoms with Gasteiger partial charge in [-0.25, -0.2) is 0 Å². The molecule has 0 atom stereocenters. The van der Waals surface area contributed by atoms with Crippen LogP contribution in [-0.4, -0.2) is 5.78 Å². The highest BCUT2D eigenvalue weighted by molar-refractivity contribution is 6.04. The number of allylic oxidation sites excluding steroid dienone is 2. The Kier molecular flexibility index (Phi) is 7.09. The molecule has 0 saturated heterocycles. The fourth-order valence-electron chi connectivity index (χ4n) is 2.02. The van der Waals surface area contributed by atoms with E-state index >= 15 is 0 Å². The van der Waals surface area contributed by atoms with Gasteiger partial charge < -0.3 is 0 Å². The highest BCUT2D eigenvalue weighted by Crippen LogP contribution is 2.11. The third kappa shape index (κ3) is 5.31. The van der Waals surface area contributed by atoms with Crippen LogP contribution in [0.25, 0.3) is 0 Å². The first-order valence-electron chi connectivity index (χ1n) is 7.04. The lowest BCUT2D eigenvalue weighted by molar-refractivity contribution is 0.104. The molecule has 18 heavy (non-hydrogen) atoms. The fourth-order valence-corrected chi connectivity index (χ4v) is 2.02. The van der Waals surface area contributed by atoms with Gasteiger partial charge in [0.15, 0.2) is 5.78 Å². The minimum absolute atomic E-state index is 0.0898. The van der Waals surface area contributed by atoms with Crippen molar-refractivity contribution in [2.45, 2.75) is 52.4 Å². The molecule has 0 aliphatic carbocycles. The van der Waals surface area contributed by atoms with Gasteiger partial charge in [-0.3, -0.25) is 4.79 Å². The van der Waals surface area contributed by atoms with Crippen LogP contribution in [-0.2, 0) is 6.42 Å². The van der Waals surface area contributed by atoms with Crippen molar-refractivity contribution in [2.75, 3.05) is 0 Å². The Morgan fingerprint density at radius 1 is 1.06 bits per heavy atom. The van der Waals surface area contributed by atoms with Gasteiger partial charge >= 0.3 is 0 Å². The zero-order valence-corrected chi connectivity index (χ0v) is 11.6. The Labute approximate surface area is 111 Å². The molecule has 0 saturated carbocycles. The molecule has 1 aromatic carbocycles. The van der Waals surface area contributed by atoms with E-state index < -0.39 is 0 Å². The molecule has 0 radical (unpaired) electrons. The van der Waals surface area contributed by atoms with E-state index in [2.05, 4.69) is 19.1 Å². The van der Waals surface area contributed by atoms with Crippen LogP contribution in [0.5, 0.6) is 0 Å². The second-order valence-corrected chi connectivity index (χ2v) is 4.73. The molecule has 0 bridgehead atoms. The molecular formula is C17H24O. The largest absolute Gasteiger partial charge is 0.289 e. The summed E-state index contributed by atoms with van der Waals surface area (Å²) in [5, 5.41) is 0. The van der Waals surface area contributed by atoms with E-state index in [0.717, 1.165) is 12.0 Å². The van der Waals surface area contributed by atoms with Crippen LogP contribution in [0, 0.1) is 0 Å². The van der Waals surface area contributed by atoms with E-state index in [-0.39, 0.29) is 5.78 Å². The van der Waals surface area contributed by atoms with Crippen LogP contribution >= 0.6 is 0 Å². The standard InChI is InChI=1S/C17H24O/c1-3-5-6-7-8-10-15-11-13-16(14-12-15)17(18)9-4-2/h4,9,11-14H,3,5-8,10H2,1-2H3/b9-4+. The molecule has 0 fully saturated rings. The molecule has 1 heteroatoms. The van der Waals surface area contributed by atoms with E-state index in [1.54, 1.807) is 12.2 Å². The van der Waals surface area contributed by atoms with Gasteiger partial charge in [-0.05, 0) is 31.4 Å². The third-order valence-electron chi connectivity index (χ3n) is 3.13. The number of carbonyl (C=O) groups is 1. The second kappa shape index (κ2) is 8.68. The minimum atomic E-state index is 0.0898. The number of carbonyl (C=O) groups excluding carboxylic acids is 1. The van der Waals surface area contributed by atoms with E-state index in [9.17, 15) is 4.79 Å². The van der Waals surface area contributed by atoms with Gasteiger partial charge in [0.05, 0.1) is 0 Å². The molecular weight excluding hydrogens is 220 g/mol. The minimum Gasteiger partial charge on any atom is -0.289 e. The van der Waals surface area contributed by atoms with Gasteiger partial charge in [-0.1, -0.05) is 62.9 Å². The Balaban J connectivity index is 2.38. The van der Waals surface area contributed by atoms with Crippen molar-refractivity contribution in [3.05, 3.63) is 47.5 Å². The van der Waals surface area contributed by atoms with Crippen molar-refractivity contribution in [1.29, 1.82) is 0 Å². The van der Waals surface area contributed by atoms with Gasteiger partial charge in [-0.15, -0.1) is 0 Å². The number of ketones is 1. The lowest BCUT2D eigenvalue weighted by Crippen LogP contribution is -1.94. The molecule has 0 aromatic heterocycles. The lowest BCUT2D eigenvalue weighted by atomic mass is 10.0. The van der Waals surface area contributed by atoms with Crippen LogP contribution < -0.4 is 0 Å². The van der Waals surface area contributed by atoms with E-state index in [1.807, 2.05) is 19.1 Å². The Bertz CT molecular complexity index is 373. The van der Waals surface area contributed by atoms with Crippen molar-refractivity contribution < 1.29 is 4.79 Å². The highest BCUT2D eigenvalue weighted by atomic mass is 16.1. The molecule has 0 aliphatic rings. The Hall–Kier alpha value is -1.37. The maximum absolute atomic E-state index is 11.6. The van der Waals surface area contributed by atoms with Gasteiger partial charge in [0.2, 0.25) is 0 Å². The second-order valence-electron chi connectivity index (χ2n) is 4.73.